The summed E-state index contributed by atoms with van der Waals surface area (Å²) >= 11 is 0. The summed E-state index contributed by atoms with van der Waals surface area (Å²) in [5, 5.41) is 0. The lowest BCUT2D eigenvalue weighted by molar-refractivity contribution is -0.133. The molecular weight excluding hydrogens is 410 g/mol. The number of likely N-dealkylation sites (tertiary alicyclic amines) is 1. The minimum atomic E-state index is -0.396. The Kier molecular flexibility index (Phi) is 7.10. The van der Waals surface area contributed by atoms with Crippen LogP contribution in [-0.2, 0) is 24.9 Å². The first kappa shape index (κ1) is 22.7. The number of carbonyl (C=O) groups excluding carboxylic acids is 1. The van der Waals surface area contributed by atoms with Crippen LogP contribution in [0.3, 0.4) is 0 Å². The Morgan fingerprint density at radius 3 is 2.38 bits per heavy atom. The Labute approximate surface area is 187 Å². The van der Waals surface area contributed by atoms with Crippen LogP contribution in [0.1, 0.15) is 44.9 Å². The number of imidazole rings is 1. The van der Waals surface area contributed by atoms with E-state index in [1.807, 2.05) is 16.5 Å². The maximum absolute atomic E-state index is 12.5. The van der Waals surface area contributed by atoms with Crippen molar-refractivity contribution >= 4 is 17.1 Å². The maximum atomic E-state index is 12.5. The standard InChI is InChI=1S/C22H35N7O3/c1-3-4-10-29-20-19(21(31)24-22(29)32)25(2)17(23-20)15-26-11-13-27(14-12-26)16-18(30)28-8-6-5-7-9-28/h3-16H2,1-2H3,(H,24,31,32). The highest BCUT2D eigenvalue weighted by Gasteiger charge is 2.24. The van der Waals surface area contributed by atoms with Gasteiger partial charge in [-0.05, 0) is 25.7 Å². The fourth-order valence-corrected chi connectivity index (χ4v) is 4.70. The third kappa shape index (κ3) is 4.80. The van der Waals surface area contributed by atoms with E-state index >= 15 is 0 Å². The van der Waals surface area contributed by atoms with E-state index in [4.69, 9.17) is 4.98 Å². The summed E-state index contributed by atoms with van der Waals surface area (Å²) in [6, 6.07) is 0. The van der Waals surface area contributed by atoms with Gasteiger partial charge in [0.05, 0.1) is 13.1 Å². The van der Waals surface area contributed by atoms with Gasteiger partial charge in [-0.15, -0.1) is 0 Å². The number of unbranched alkanes of at least 4 members (excludes halogenated alkanes) is 1. The number of nitrogens with zero attached hydrogens (tertiary/aromatic N) is 6. The number of nitrogens with one attached hydrogen (secondary N) is 1. The number of amides is 1. The smallest absolute Gasteiger partial charge is 0.330 e. The molecule has 1 amide bonds. The number of carbonyl (C=O) groups is 1. The molecule has 176 valence electrons. The van der Waals surface area contributed by atoms with Gasteiger partial charge >= 0.3 is 5.69 Å². The van der Waals surface area contributed by atoms with Gasteiger partial charge in [0.15, 0.2) is 11.2 Å². The number of piperidine rings is 1. The molecule has 0 radical (unpaired) electrons. The predicted molar refractivity (Wildman–Crippen MR) is 123 cm³/mol. The average molecular weight is 446 g/mol. The molecule has 10 heteroatoms. The van der Waals surface area contributed by atoms with Crippen LogP contribution in [0.2, 0.25) is 0 Å². The molecule has 4 heterocycles. The zero-order valence-electron chi connectivity index (χ0n) is 19.3. The summed E-state index contributed by atoms with van der Waals surface area (Å²) in [7, 11) is 1.84. The van der Waals surface area contributed by atoms with Crippen molar-refractivity contribution in [3.05, 3.63) is 26.7 Å². The van der Waals surface area contributed by atoms with Crippen molar-refractivity contribution in [2.45, 2.75) is 52.1 Å². The Morgan fingerprint density at radius 1 is 1.00 bits per heavy atom. The molecule has 1 N–H and O–H groups in total. The van der Waals surface area contributed by atoms with Crippen LogP contribution in [0, 0.1) is 0 Å². The topological polar surface area (TPSA) is 99.5 Å². The van der Waals surface area contributed by atoms with Gasteiger partial charge in [0.1, 0.15) is 5.82 Å². The average Bonchev–Trinajstić information content (AvgIpc) is 3.11. The van der Waals surface area contributed by atoms with Gasteiger partial charge < -0.3 is 9.47 Å². The lowest BCUT2D eigenvalue weighted by Gasteiger charge is -2.35. The van der Waals surface area contributed by atoms with Crippen LogP contribution in [0.25, 0.3) is 11.2 Å². The molecule has 0 atom stereocenters. The van der Waals surface area contributed by atoms with E-state index in [0.29, 0.717) is 30.8 Å². The van der Waals surface area contributed by atoms with Gasteiger partial charge in [0, 0.05) is 52.9 Å². The Balaban J connectivity index is 1.40. The lowest BCUT2D eigenvalue weighted by atomic mass is 10.1. The highest BCUT2D eigenvalue weighted by atomic mass is 16.2. The summed E-state index contributed by atoms with van der Waals surface area (Å²) in [5.74, 6) is 1.02. The molecule has 0 spiro atoms. The summed E-state index contributed by atoms with van der Waals surface area (Å²) in [6.45, 7) is 8.88. The molecule has 32 heavy (non-hydrogen) atoms. The number of rotatable bonds is 7. The molecule has 2 aromatic heterocycles. The van der Waals surface area contributed by atoms with Crippen LogP contribution < -0.4 is 11.2 Å². The van der Waals surface area contributed by atoms with Crippen LogP contribution in [0.15, 0.2) is 9.59 Å². The Hall–Kier alpha value is -2.46. The molecule has 0 aromatic carbocycles. The van der Waals surface area contributed by atoms with E-state index in [0.717, 1.165) is 70.8 Å². The maximum Gasteiger partial charge on any atom is 0.330 e. The Morgan fingerprint density at radius 2 is 1.69 bits per heavy atom. The van der Waals surface area contributed by atoms with Crippen molar-refractivity contribution in [3.63, 3.8) is 0 Å². The first-order valence-corrected chi connectivity index (χ1v) is 11.9. The summed E-state index contributed by atoms with van der Waals surface area (Å²) in [4.78, 5) is 51.0. The van der Waals surface area contributed by atoms with E-state index in [-0.39, 0.29) is 11.5 Å². The monoisotopic (exact) mass is 445 g/mol. The normalized spacial score (nSPS) is 18.5. The number of hydrogen-bond donors (Lipinski definition) is 1. The quantitative estimate of drug-likeness (QED) is 0.660. The van der Waals surface area contributed by atoms with Gasteiger partial charge in [-0.2, -0.15) is 0 Å². The van der Waals surface area contributed by atoms with Gasteiger partial charge in [0.25, 0.3) is 5.56 Å². The van der Waals surface area contributed by atoms with E-state index in [1.165, 1.54) is 6.42 Å². The first-order chi connectivity index (χ1) is 15.5. The number of aryl methyl sites for hydroxylation is 2. The second kappa shape index (κ2) is 9.99. The number of piperazine rings is 1. The molecule has 2 fully saturated rings. The van der Waals surface area contributed by atoms with E-state index in [2.05, 4.69) is 21.7 Å². The minimum Gasteiger partial charge on any atom is -0.342 e. The fraction of sp³-hybridized carbons (Fsp3) is 0.727. The largest absolute Gasteiger partial charge is 0.342 e. The van der Waals surface area contributed by atoms with Gasteiger partial charge in [0.2, 0.25) is 5.91 Å². The fourth-order valence-electron chi connectivity index (χ4n) is 4.70. The van der Waals surface area contributed by atoms with Crippen molar-refractivity contribution in [2.24, 2.45) is 7.05 Å². The van der Waals surface area contributed by atoms with Crippen LogP contribution in [0.4, 0.5) is 0 Å². The summed E-state index contributed by atoms with van der Waals surface area (Å²) in [5.41, 5.74) is 0.129. The number of aromatic amines is 1. The number of H-pyrrole nitrogens is 1. The van der Waals surface area contributed by atoms with Crippen molar-refractivity contribution < 1.29 is 4.79 Å². The molecule has 10 nitrogen and oxygen atoms in total. The number of aromatic nitrogens is 4. The minimum absolute atomic E-state index is 0.248. The molecule has 0 bridgehead atoms. The molecule has 0 aliphatic carbocycles. The van der Waals surface area contributed by atoms with E-state index < -0.39 is 5.69 Å². The third-order valence-corrected chi connectivity index (χ3v) is 6.74. The molecule has 2 saturated heterocycles. The molecule has 4 rings (SSSR count). The van der Waals surface area contributed by atoms with Crippen LogP contribution in [0.5, 0.6) is 0 Å². The first-order valence-electron chi connectivity index (χ1n) is 11.9. The predicted octanol–water partition coefficient (Wildman–Crippen LogP) is 0.354. The van der Waals surface area contributed by atoms with Crippen molar-refractivity contribution in [2.75, 3.05) is 45.8 Å². The molecule has 0 unspecified atom stereocenters. The summed E-state index contributed by atoms with van der Waals surface area (Å²) < 4.78 is 3.39. The molecule has 2 aromatic rings. The molecule has 2 aliphatic rings. The highest BCUT2D eigenvalue weighted by molar-refractivity contribution is 5.78. The molecular formula is C22H35N7O3. The second-order valence-electron chi connectivity index (χ2n) is 9.02. The SMILES string of the molecule is CCCCn1c(=O)[nH]c(=O)c2c1nc(CN1CCN(CC(=O)N3CCCCC3)CC1)n2C. The van der Waals surface area contributed by atoms with Gasteiger partial charge in [-0.1, -0.05) is 13.3 Å². The summed E-state index contributed by atoms with van der Waals surface area (Å²) in [6.07, 6.45) is 5.27. The van der Waals surface area contributed by atoms with Crippen LogP contribution >= 0.6 is 0 Å². The number of fused-ring (bicyclic) bond motifs is 1. The molecule has 0 saturated carbocycles. The second-order valence-corrected chi connectivity index (χ2v) is 9.02. The van der Waals surface area contributed by atoms with E-state index in [1.54, 1.807) is 4.57 Å². The van der Waals surface area contributed by atoms with Crippen LogP contribution in [-0.4, -0.2) is 85.5 Å². The number of hydrogen-bond acceptors (Lipinski definition) is 6. The molecule has 2 aliphatic heterocycles. The van der Waals surface area contributed by atoms with Crippen molar-refractivity contribution in [1.29, 1.82) is 0 Å². The Bertz CT molecular complexity index is 1060. The van der Waals surface area contributed by atoms with Gasteiger partial charge in [-0.3, -0.25) is 28.9 Å². The zero-order valence-corrected chi connectivity index (χ0v) is 19.3. The van der Waals surface area contributed by atoms with Crippen molar-refractivity contribution in [3.8, 4) is 0 Å². The highest BCUT2D eigenvalue weighted by Crippen LogP contribution is 2.14. The van der Waals surface area contributed by atoms with Crippen molar-refractivity contribution in [1.82, 2.24) is 33.8 Å². The zero-order chi connectivity index (χ0) is 22.7. The lowest BCUT2D eigenvalue weighted by Crippen LogP contribution is -2.50. The van der Waals surface area contributed by atoms with E-state index in [9.17, 15) is 14.4 Å². The third-order valence-electron chi connectivity index (χ3n) is 6.74. The van der Waals surface area contributed by atoms with Gasteiger partial charge in [-0.25, -0.2) is 9.78 Å².